The topological polar surface area (TPSA) is 41.3 Å². The van der Waals surface area contributed by atoms with Gasteiger partial charge >= 0.3 is 0 Å². The van der Waals surface area contributed by atoms with Crippen LogP contribution in [0, 0.1) is 0 Å². The third kappa shape index (κ3) is 2.47. The van der Waals surface area contributed by atoms with E-state index in [1.807, 2.05) is 18.2 Å². The van der Waals surface area contributed by atoms with Gasteiger partial charge in [0.05, 0.1) is 5.54 Å². The molecule has 3 rings (SSSR count). The maximum absolute atomic E-state index is 6.11. The molecular weight excluding hydrogens is 258 g/mol. The molecule has 1 aromatic carbocycles. The molecule has 2 fully saturated rings. The maximum Gasteiger partial charge on any atom is 0.0525 e. The number of fused-ring (bicyclic) bond motifs is 2. The number of nitrogens with two attached hydrogens (primary N) is 1. The second-order valence-corrected chi connectivity index (χ2v) is 6.51. The van der Waals surface area contributed by atoms with Crippen molar-refractivity contribution in [3.05, 3.63) is 29.3 Å². The first-order chi connectivity index (χ1) is 9.12. The standard InChI is InChI=1S/C15H22ClN3/c1-19-13-5-6-14(19)9-15(8-13,10-17)18-12-4-2-3-11(16)7-12/h2-4,7,13-14,18H,5-6,8-10,17H2,1H3. The van der Waals surface area contributed by atoms with Gasteiger partial charge in [0.2, 0.25) is 0 Å². The van der Waals surface area contributed by atoms with Crippen LogP contribution in [0.15, 0.2) is 24.3 Å². The fourth-order valence-corrected chi connectivity index (χ4v) is 3.95. The first kappa shape index (κ1) is 13.2. The lowest BCUT2D eigenvalue weighted by Gasteiger charge is -2.45. The zero-order valence-corrected chi connectivity index (χ0v) is 12.2. The highest BCUT2D eigenvalue weighted by atomic mass is 35.5. The van der Waals surface area contributed by atoms with Crippen LogP contribution >= 0.6 is 11.6 Å². The van der Waals surface area contributed by atoms with Crippen molar-refractivity contribution in [3.63, 3.8) is 0 Å². The van der Waals surface area contributed by atoms with E-state index in [1.54, 1.807) is 0 Å². The van der Waals surface area contributed by atoms with Crippen LogP contribution in [0.5, 0.6) is 0 Å². The molecule has 4 heteroatoms. The summed E-state index contributed by atoms with van der Waals surface area (Å²) >= 11 is 6.06. The van der Waals surface area contributed by atoms with E-state index < -0.39 is 0 Å². The van der Waals surface area contributed by atoms with Gasteiger partial charge in [0, 0.05) is 29.3 Å². The Labute approximate surface area is 120 Å². The first-order valence-electron chi connectivity index (χ1n) is 7.08. The fourth-order valence-electron chi connectivity index (χ4n) is 3.76. The van der Waals surface area contributed by atoms with Crippen LogP contribution in [0.4, 0.5) is 5.69 Å². The molecule has 0 aliphatic carbocycles. The summed E-state index contributed by atoms with van der Waals surface area (Å²) in [5, 5.41) is 4.44. The molecule has 0 radical (unpaired) electrons. The summed E-state index contributed by atoms with van der Waals surface area (Å²) in [4.78, 5) is 2.54. The summed E-state index contributed by atoms with van der Waals surface area (Å²) in [5.74, 6) is 0. The fraction of sp³-hybridized carbons (Fsp3) is 0.600. The number of anilines is 1. The molecule has 3 N–H and O–H groups in total. The van der Waals surface area contributed by atoms with Crippen molar-refractivity contribution in [1.29, 1.82) is 0 Å². The van der Waals surface area contributed by atoms with Crippen LogP contribution in [0.1, 0.15) is 25.7 Å². The van der Waals surface area contributed by atoms with Crippen LogP contribution in [-0.2, 0) is 0 Å². The number of nitrogens with zero attached hydrogens (tertiary/aromatic N) is 1. The van der Waals surface area contributed by atoms with E-state index in [4.69, 9.17) is 17.3 Å². The van der Waals surface area contributed by atoms with Crippen molar-refractivity contribution in [2.45, 2.75) is 43.3 Å². The minimum Gasteiger partial charge on any atom is -0.378 e. The average Bonchev–Trinajstić information content (AvgIpc) is 2.63. The van der Waals surface area contributed by atoms with Crippen molar-refractivity contribution in [2.75, 3.05) is 18.9 Å². The van der Waals surface area contributed by atoms with Gasteiger partial charge in [-0.05, 0) is 50.9 Å². The number of nitrogens with one attached hydrogen (secondary N) is 1. The van der Waals surface area contributed by atoms with Gasteiger partial charge in [-0.15, -0.1) is 0 Å². The zero-order valence-electron chi connectivity index (χ0n) is 11.4. The Morgan fingerprint density at radius 3 is 2.63 bits per heavy atom. The molecule has 3 nitrogen and oxygen atoms in total. The summed E-state index contributed by atoms with van der Waals surface area (Å²) in [7, 11) is 2.25. The Morgan fingerprint density at radius 1 is 1.37 bits per heavy atom. The normalized spacial score (nSPS) is 34.5. The molecule has 2 aliphatic heterocycles. The number of benzene rings is 1. The lowest BCUT2D eigenvalue weighted by atomic mass is 9.82. The Balaban J connectivity index is 1.81. The van der Waals surface area contributed by atoms with Crippen molar-refractivity contribution < 1.29 is 0 Å². The summed E-state index contributed by atoms with van der Waals surface area (Å²) in [5.41, 5.74) is 7.22. The number of hydrogen-bond acceptors (Lipinski definition) is 3. The maximum atomic E-state index is 6.11. The second kappa shape index (κ2) is 4.97. The molecule has 19 heavy (non-hydrogen) atoms. The van der Waals surface area contributed by atoms with Crippen molar-refractivity contribution in [2.24, 2.45) is 5.73 Å². The van der Waals surface area contributed by atoms with Crippen LogP contribution in [-0.4, -0.2) is 36.1 Å². The number of halogens is 1. The van der Waals surface area contributed by atoms with E-state index in [-0.39, 0.29) is 5.54 Å². The van der Waals surface area contributed by atoms with Crippen LogP contribution < -0.4 is 11.1 Å². The summed E-state index contributed by atoms with van der Waals surface area (Å²) in [6, 6.07) is 9.30. The smallest absolute Gasteiger partial charge is 0.0525 e. The molecule has 104 valence electrons. The van der Waals surface area contributed by atoms with Gasteiger partial charge in [0.1, 0.15) is 0 Å². The van der Waals surface area contributed by atoms with E-state index in [1.165, 1.54) is 12.8 Å². The molecule has 0 aromatic heterocycles. The minimum atomic E-state index is 0.0308. The Hall–Kier alpha value is -0.770. The zero-order chi connectivity index (χ0) is 13.5. The summed E-state index contributed by atoms with van der Waals surface area (Å²) in [6.07, 6.45) is 4.87. The van der Waals surface area contributed by atoms with E-state index in [0.717, 1.165) is 23.6 Å². The van der Waals surface area contributed by atoms with Gasteiger partial charge in [0.25, 0.3) is 0 Å². The molecule has 1 aromatic rings. The largest absolute Gasteiger partial charge is 0.378 e. The quantitative estimate of drug-likeness (QED) is 0.894. The molecule has 0 spiro atoms. The first-order valence-corrected chi connectivity index (χ1v) is 7.45. The van der Waals surface area contributed by atoms with Gasteiger partial charge in [-0.25, -0.2) is 0 Å². The van der Waals surface area contributed by atoms with Crippen LogP contribution in [0.3, 0.4) is 0 Å². The minimum absolute atomic E-state index is 0.0308. The average molecular weight is 280 g/mol. The number of rotatable bonds is 3. The molecule has 0 amide bonds. The van der Waals surface area contributed by atoms with Crippen LogP contribution in [0.25, 0.3) is 0 Å². The van der Waals surface area contributed by atoms with Gasteiger partial charge in [-0.3, -0.25) is 0 Å². The molecule has 2 unspecified atom stereocenters. The predicted molar refractivity (Wildman–Crippen MR) is 80.7 cm³/mol. The highest BCUT2D eigenvalue weighted by Crippen LogP contribution is 2.41. The summed E-state index contributed by atoms with van der Waals surface area (Å²) in [6.45, 7) is 0.681. The van der Waals surface area contributed by atoms with Gasteiger partial charge < -0.3 is 16.0 Å². The molecule has 2 aliphatic rings. The lowest BCUT2D eigenvalue weighted by Crippen LogP contribution is -2.57. The molecule has 2 saturated heterocycles. The number of piperidine rings is 1. The van der Waals surface area contributed by atoms with Gasteiger partial charge in [-0.2, -0.15) is 0 Å². The van der Waals surface area contributed by atoms with E-state index in [2.05, 4.69) is 23.3 Å². The van der Waals surface area contributed by atoms with Crippen LogP contribution in [0.2, 0.25) is 5.02 Å². The van der Waals surface area contributed by atoms with Gasteiger partial charge in [-0.1, -0.05) is 17.7 Å². The van der Waals surface area contributed by atoms with Crippen molar-refractivity contribution in [1.82, 2.24) is 4.90 Å². The third-order valence-electron chi connectivity index (χ3n) is 4.86. The second-order valence-electron chi connectivity index (χ2n) is 6.08. The molecule has 2 atom stereocenters. The molecular formula is C15H22ClN3. The highest BCUT2D eigenvalue weighted by molar-refractivity contribution is 6.30. The van der Waals surface area contributed by atoms with E-state index in [0.29, 0.717) is 18.6 Å². The van der Waals surface area contributed by atoms with E-state index >= 15 is 0 Å². The predicted octanol–water partition coefficient (Wildman–Crippen LogP) is 2.71. The monoisotopic (exact) mass is 279 g/mol. The molecule has 2 bridgehead atoms. The highest BCUT2D eigenvalue weighted by Gasteiger charge is 2.46. The Morgan fingerprint density at radius 2 is 2.05 bits per heavy atom. The van der Waals surface area contributed by atoms with Gasteiger partial charge in [0.15, 0.2) is 0 Å². The SMILES string of the molecule is CN1C2CCC1CC(CN)(Nc1cccc(Cl)c1)C2. The molecule has 2 heterocycles. The summed E-state index contributed by atoms with van der Waals surface area (Å²) < 4.78 is 0. The van der Waals surface area contributed by atoms with E-state index in [9.17, 15) is 0 Å². The Kier molecular flexibility index (Phi) is 3.46. The Bertz CT molecular complexity index is 448. The lowest BCUT2D eigenvalue weighted by molar-refractivity contribution is 0.127. The third-order valence-corrected chi connectivity index (χ3v) is 5.10. The number of hydrogen-bond donors (Lipinski definition) is 2. The molecule has 0 saturated carbocycles. The van der Waals surface area contributed by atoms with Crippen molar-refractivity contribution >= 4 is 17.3 Å². The van der Waals surface area contributed by atoms with Crippen molar-refractivity contribution in [3.8, 4) is 0 Å².